The van der Waals surface area contributed by atoms with E-state index in [4.69, 9.17) is 0 Å². The molecule has 0 saturated heterocycles. The van der Waals surface area contributed by atoms with Gasteiger partial charge in [0.25, 0.3) is 0 Å². The molecule has 1 saturated carbocycles. The van der Waals surface area contributed by atoms with Gasteiger partial charge < -0.3 is 5.11 Å². The number of aliphatic hydroxyl groups is 1. The molecule has 1 unspecified atom stereocenters. The van der Waals surface area contributed by atoms with Gasteiger partial charge in [-0.25, -0.2) is 0 Å². The van der Waals surface area contributed by atoms with Crippen LogP contribution in [0.3, 0.4) is 0 Å². The Kier molecular flexibility index (Phi) is 8.35. The monoisotopic (exact) mass is 355 g/mol. The first kappa shape index (κ1) is 20.7. The van der Waals surface area contributed by atoms with Crippen molar-refractivity contribution in [3.05, 3.63) is 35.9 Å². The second-order valence-electron chi connectivity index (χ2n) is 7.21. The molecule has 0 aromatic heterocycles. The molecule has 0 aliphatic heterocycles. The van der Waals surface area contributed by atoms with E-state index < -0.39 is 5.60 Å². The molecular weight excluding hydrogens is 322 g/mol. The number of carbonyl (C=O) groups excluding carboxylic acids is 1. The topological polar surface area (TPSA) is 40.5 Å². The summed E-state index contributed by atoms with van der Waals surface area (Å²) in [6.45, 7) is 6.96. The van der Waals surface area contributed by atoms with Crippen molar-refractivity contribution >= 4 is 5.78 Å². The minimum atomic E-state index is -1.36. The van der Waals surface area contributed by atoms with Crippen LogP contribution < -0.4 is 0 Å². The average molecular weight is 356 g/mol. The molecule has 1 aliphatic carbocycles. The summed E-state index contributed by atoms with van der Waals surface area (Å²) in [5.41, 5.74) is -0.615. The van der Waals surface area contributed by atoms with Crippen molar-refractivity contribution in [2.24, 2.45) is 5.92 Å². The van der Waals surface area contributed by atoms with Crippen LogP contribution in [0.1, 0.15) is 64.4 Å². The molecule has 1 N–H and O–H groups in total. The van der Waals surface area contributed by atoms with Gasteiger partial charge in [-0.3, -0.25) is 9.69 Å². The summed E-state index contributed by atoms with van der Waals surface area (Å²) in [6.07, 6.45) is 6.06. The average Bonchev–Trinajstić information content (AvgIpc) is 2.71. The first-order chi connectivity index (χ1) is 12.6. The number of benzene rings is 1. The lowest BCUT2D eigenvalue weighted by molar-refractivity contribution is -0.146. The van der Waals surface area contributed by atoms with Crippen LogP contribution in [0.15, 0.2) is 30.3 Å². The summed E-state index contributed by atoms with van der Waals surface area (Å²) in [5.74, 6) is 6.22. The summed E-state index contributed by atoms with van der Waals surface area (Å²) < 4.78 is 0. The highest BCUT2D eigenvalue weighted by Gasteiger charge is 2.44. The van der Waals surface area contributed by atoms with Gasteiger partial charge in [0.05, 0.1) is 6.54 Å². The number of rotatable bonds is 8. The molecule has 1 aromatic rings. The molecule has 3 heteroatoms. The molecule has 0 bridgehead atoms. The normalized spacial score (nSPS) is 17.4. The summed E-state index contributed by atoms with van der Waals surface area (Å²) in [7, 11) is 0. The molecule has 0 spiro atoms. The standard InChI is InChI=1S/C23H33NO2/c1-3-24(4-2)19-13-7-12-18-22(25)23(26,20-14-8-5-9-15-20)21-16-10-6-11-17-21/h5,8-9,14-15,21,26H,3-4,6,10-12,16-19H2,1-2H3. The number of hydrogen-bond donors (Lipinski definition) is 1. The van der Waals surface area contributed by atoms with Crippen LogP contribution in [-0.2, 0) is 10.4 Å². The number of carbonyl (C=O) groups is 1. The van der Waals surface area contributed by atoms with E-state index in [1.165, 1.54) is 6.42 Å². The van der Waals surface area contributed by atoms with E-state index in [0.717, 1.165) is 50.9 Å². The van der Waals surface area contributed by atoms with E-state index in [-0.39, 0.29) is 11.7 Å². The summed E-state index contributed by atoms with van der Waals surface area (Å²) in [4.78, 5) is 15.3. The Morgan fingerprint density at radius 3 is 2.38 bits per heavy atom. The minimum Gasteiger partial charge on any atom is -0.377 e. The summed E-state index contributed by atoms with van der Waals surface area (Å²) >= 11 is 0. The zero-order valence-electron chi connectivity index (χ0n) is 16.3. The Morgan fingerprint density at radius 2 is 1.77 bits per heavy atom. The largest absolute Gasteiger partial charge is 0.377 e. The van der Waals surface area contributed by atoms with Gasteiger partial charge in [-0.1, -0.05) is 69.4 Å². The number of Topliss-reactive ketones (excluding diaryl/α,β-unsaturated/α-hetero) is 1. The van der Waals surface area contributed by atoms with Crippen molar-refractivity contribution in [2.45, 2.75) is 64.4 Å². The number of ketones is 1. The van der Waals surface area contributed by atoms with Crippen LogP contribution in [0, 0.1) is 17.8 Å². The van der Waals surface area contributed by atoms with Crippen molar-refractivity contribution in [1.82, 2.24) is 4.90 Å². The lowest BCUT2D eigenvalue weighted by Gasteiger charge is -2.37. The quantitative estimate of drug-likeness (QED) is 0.712. The zero-order valence-corrected chi connectivity index (χ0v) is 16.3. The van der Waals surface area contributed by atoms with Crippen LogP contribution in [-0.4, -0.2) is 35.4 Å². The minimum absolute atomic E-state index is 0.0229. The summed E-state index contributed by atoms with van der Waals surface area (Å²) in [6, 6.07) is 9.51. The van der Waals surface area contributed by atoms with Crippen molar-refractivity contribution in [3.8, 4) is 11.8 Å². The molecule has 1 aliphatic rings. The number of hydrogen-bond acceptors (Lipinski definition) is 3. The van der Waals surface area contributed by atoms with Gasteiger partial charge in [0.15, 0.2) is 11.4 Å². The highest BCUT2D eigenvalue weighted by atomic mass is 16.3. The molecule has 2 rings (SSSR count). The van der Waals surface area contributed by atoms with Crippen molar-refractivity contribution in [1.29, 1.82) is 0 Å². The second kappa shape index (κ2) is 10.5. The smallest absolute Gasteiger partial charge is 0.170 e. The highest BCUT2D eigenvalue weighted by Crippen LogP contribution is 2.40. The van der Waals surface area contributed by atoms with Gasteiger partial charge in [0, 0.05) is 12.8 Å². The Balaban J connectivity index is 2.06. The molecule has 0 amide bonds. The zero-order chi connectivity index (χ0) is 18.8. The van der Waals surface area contributed by atoms with E-state index in [9.17, 15) is 9.90 Å². The van der Waals surface area contributed by atoms with Gasteiger partial charge in [-0.15, -0.1) is 5.92 Å². The summed E-state index contributed by atoms with van der Waals surface area (Å²) in [5, 5.41) is 11.5. The third-order valence-electron chi connectivity index (χ3n) is 5.63. The van der Waals surface area contributed by atoms with E-state index in [1.54, 1.807) is 0 Å². The van der Waals surface area contributed by atoms with Crippen molar-refractivity contribution in [3.63, 3.8) is 0 Å². The van der Waals surface area contributed by atoms with E-state index in [1.807, 2.05) is 30.3 Å². The van der Waals surface area contributed by atoms with Crippen LogP contribution in [0.5, 0.6) is 0 Å². The molecule has 0 radical (unpaired) electrons. The molecule has 0 heterocycles. The van der Waals surface area contributed by atoms with Crippen molar-refractivity contribution in [2.75, 3.05) is 19.6 Å². The van der Waals surface area contributed by atoms with Gasteiger partial charge >= 0.3 is 0 Å². The van der Waals surface area contributed by atoms with E-state index in [2.05, 4.69) is 30.6 Å². The Morgan fingerprint density at radius 1 is 1.12 bits per heavy atom. The van der Waals surface area contributed by atoms with E-state index >= 15 is 0 Å². The van der Waals surface area contributed by atoms with Crippen LogP contribution >= 0.6 is 0 Å². The molecule has 1 aromatic carbocycles. The molecular formula is C23H33NO2. The molecule has 3 nitrogen and oxygen atoms in total. The number of nitrogens with zero attached hydrogens (tertiary/aromatic N) is 1. The van der Waals surface area contributed by atoms with Gasteiger partial charge in [0.1, 0.15) is 0 Å². The maximum Gasteiger partial charge on any atom is 0.170 e. The lowest BCUT2D eigenvalue weighted by Crippen LogP contribution is -2.44. The SMILES string of the molecule is CCN(CC)CC#CCCC(=O)C(O)(c1ccccc1)C1CCCCC1. The maximum atomic E-state index is 13.0. The predicted molar refractivity (Wildman–Crippen MR) is 107 cm³/mol. The first-order valence-corrected chi connectivity index (χ1v) is 10.1. The lowest BCUT2D eigenvalue weighted by atomic mass is 9.70. The van der Waals surface area contributed by atoms with Gasteiger partial charge in [0.2, 0.25) is 0 Å². The van der Waals surface area contributed by atoms with Crippen LogP contribution in [0.25, 0.3) is 0 Å². The van der Waals surface area contributed by atoms with E-state index in [0.29, 0.717) is 12.8 Å². The van der Waals surface area contributed by atoms with Crippen LogP contribution in [0.4, 0.5) is 0 Å². The fraction of sp³-hybridized carbons (Fsp3) is 0.609. The maximum absolute atomic E-state index is 13.0. The van der Waals surface area contributed by atoms with Gasteiger partial charge in [-0.2, -0.15) is 0 Å². The van der Waals surface area contributed by atoms with Crippen LogP contribution in [0.2, 0.25) is 0 Å². The molecule has 142 valence electrons. The first-order valence-electron chi connectivity index (χ1n) is 10.1. The third kappa shape index (κ3) is 5.19. The third-order valence-corrected chi connectivity index (χ3v) is 5.63. The predicted octanol–water partition coefficient (Wildman–Crippen LogP) is 4.15. The molecule has 1 atom stereocenters. The second-order valence-corrected chi connectivity index (χ2v) is 7.21. The molecule has 1 fully saturated rings. The van der Waals surface area contributed by atoms with Gasteiger partial charge in [-0.05, 0) is 37.4 Å². The fourth-order valence-corrected chi connectivity index (χ4v) is 3.91. The molecule has 26 heavy (non-hydrogen) atoms. The fourth-order valence-electron chi connectivity index (χ4n) is 3.91. The Labute approximate surface area is 158 Å². The highest BCUT2D eigenvalue weighted by molar-refractivity contribution is 5.88. The van der Waals surface area contributed by atoms with Crippen molar-refractivity contribution < 1.29 is 9.90 Å². The Hall–Kier alpha value is -1.63. The Bertz CT molecular complexity index is 606.